The molecule has 0 bridgehead atoms. The van der Waals surface area contributed by atoms with Gasteiger partial charge in [-0.05, 0) is 6.42 Å². The molecule has 0 saturated carbocycles. The summed E-state index contributed by atoms with van der Waals surface area (Å²) in [6.07, 6.45) is 0.969. The van der Waals surface area contributed by atoms with Gasteiger partial charge in [-0.1, -0.05) is 15.9 Å². The van der Waals surface area contributed by atoms with Crippen molar-refractivity contribution in [2.75, 3.05) is 11.9 Å². The maximum Gasteiger partial charge on any atom is 0.0215 e. The van der Waals surface area contributed by atoms with Crippen LogP contribution >= 0.6 is 15.9 Å². The van der Waals surface area contributed by atoms with Crippen LogP contribution in [0, 0.1) is 0 Å². The van der Waals surface area contributed by atoms with E-state index in [0.29, 0.717) is 6.54 Å². The van der Waals surface area contributed by atoms with Gasteiger partial charge in [-0.25, -0.2) is 5.48 Å². The highest BCUT2D eigenvalue weighted by Gasteiger charge is 1.75. The van der Waals surface area contributed by atoms with Crippen LogP contribution in [-0.4, -0.2) is 17.1 Å². The van der Waals surface area contributed by atoms with Crippen LogP contribution in [0.15, 0.2) is 0 Å². The Hall–Kier alpha value is 0.400. The molecule has 0 aromatic heterocycles. The maximum atomic E-state index is 7.93. The lowest BCUT2D eigenvalue weighted by molar-refractivity contribution is 0.167. The highest BCUT2D eigenvalue weighted by molar-refractivity contribution is 9.09. The van der Waals surface area contributed by atoms with E-state index < -0.39 is 0 Å². The van der Waals surface area contributed by atoms with Gasteiger partial charge in [-0.15, -0.1) is 0 Å². The Bertz CT molecular complexity index is 22.8. The third kappa shape index (κ3) is 4.40. The molecule has 0 unspecified atom stereocenters. The fourth-order valence-electron chi connectivity index (χ4n) is 0.146. The second-order valence-electron chi connectivity index (χ2n) is 0.951. The molecule has 0 saturated heterocycles. The van der Waals surface area contributed by atoms with Crippen molar-refractivity contribution in [2.24, 2.45) is 0 Å². The molecule has 0 aliphatic heterocycles. The van der Waals surface area contributed by atoms with Gasteiger partial charge in [-0.3, -0.25) is 0 Å². The molecule has 0 fully saturated rings. The number of halogens is 1. The van der Waals surface area contributed by atoms with E-state index in [2.05, 4.69) is 15.9 Å². The Balaban J connectivity index is 2.34. The van der Waals surface area contributed by atoms with E-state index in [1.54, 1.807) is 0 Å². The molecule has 0 radical (unpaired) electrons. The molecule has 2 nitrogen and oxygen atoms in total. The Morgan fingerprint density at radius 2 is 2.33 bits per heavy atom. The number of hydroxylamine groups is 1. The van der Waals surface area contributed by atoms with Crippen molar-refractivity contribution in [3.8, 4) is 0 Å². The second kappa shape index (κ2) is 5.40. The van der Waals surface area contributed by atoms with E-state index in [1.807, 2.05) is 5.48 Å². The molecule has 0 rings (SSSR count). The summed E-state index contributed by atoms with van der Waals surface area (Å²) in [5.41, 5.74) is 2.04. The van der Waals surface area contributed by atoms with Gasteiger partial charge in [0.05, 0.1) is 0 Å². The molecule has 38 valence electrons. The highest BCUT2D eigenvalue weighted by atomic mass is 79.9. The van der Waals surface area contributed by atoms with Gasteiger partial charge in [0, 0.05) is 11.9 Å². The Kier molecular flexibility index (Phi) is 5.76. The van der Waals surface area contributed by atoms with Crippen molar-refractivity contribution in [1.29, 1.82) is 0 Å². The fourth-order valence-corrected chi connectivity index (χ4v) is 0.426. The molecular weight excluding hydrogens is 146 g/mol. The minimum atomic E-state index is 0.672. The lowest BCUT2D eigenvalue weighted by Gasteiger charge is -1.87. The molecule has 0 heterocycles. The molecule has 0 aromatic rings. The molecule has 0 spiro atoms. The van der Waals surface area contributed by atoms with E-state index in [0.717, 1.165) is 11.8 Å². The van der Waals surface area contributed by atoms with Crippen molar-refractivity contribution >= 4 is 15.9 Å². The summed E-state index contributed by atoms with van der Waals surface area (Å²) >= 11 is 3.20. The first kappa shape index (κ1) is 6.40. The summed E-state index contributed by atoms with van der Waals surface area (Å²) in [5.74, 6) is 0. The molecule has 3 heteroatoms. The summed E-state index contributed by atoms with van der Waals surface area (Å²) in [6, 6.07) is 0. The molecule has 0 aliphatic carbocycles. The zero-order chi connectivity index (χ0) is 4.83. The monoisotopic (exact) mass is 153 g/mol. The van der Waals surface area contributed by atoms with Gasteiger partial charge in [0.25, 0.3) is 0 Å². The quantitative estimate of drug-likeness (QED) is 0.357. The molecule has 2 N–H and O–H groups in total. The third-order valence-corrected chi connectivity index (χ3v) is 0.983. The average Bonchev–Trinajstić information content (AvgIpc) is 1.61. The largest absolute Gasteiger partial charge is 0.317 e. The van der Waals surface area contributed by atoms with Crippen LogP contribution < -0.4 is 5.48 Å². The predicted molar refractivity (Wildman–Crippen MR) is 28.2 cm³/mol. The SMILES string of the molecule is ONCCCBr. The Morgan fingerprint density at radius 1 is 1.67 bits per heavy atom. The molecule has 0 amide bonds. The van der Waals surface area contributed by atoms with Crippen LogP contribution in [0.4, 0.5) is 0 Å². The van der Waals surface area contributed by atoms with E-state index in [1.165, 1.54) is 0 Å². The normalized spacial score (nSPS) is 9.00. The smallest absolute Gasteiger partial charge is 0.0215 e. The maximum absolute atomic E-state index is 7.93. The number of alkyl halides is 1. The minimum Gasteiger partial charge on any atom is -0.317 e. The first-order valence-electron chi connectivity index (χ1n) is 1.84. The Morgan fingerprint density at radius 3 is 2.50 bits per heavy atom. The average molecular weight is 154 g/mol. The van der Waals surface area contributed by atoms with Crippen molar-refractivity contribution < 1.29 is 5.21 Å². The van der Waals surface area contributed by atoms with Crippen LogP contribution in [0.5, 0.6) is 0 Å². The van der Waals surface area contributed by atoms with E-state index in [4.69, 9.17) is 5.21 Å². The van der Waals surface area contributed by atoms with Crippen LogP contribution in [0.2, 0.25) is 0 Å². The third-order valence-electron chi connectivity index (χ3n) is 0.422. The predicted octanol–water partition coefficient (Wildman–Crippen LogP) is 0.750. The number of hydrogen-bond donors (Lipinski definition) is 2. The van der Waals surface area contributed by atoms with Gasteiger partial charge >= 0.3 is 0 Å². The van der Waals surface area contributed by atoms with Gasteiger partial charge in [0.2, 0.25) is 0 Å². The van der Waals surface area contributed by atoms with Crippen molar-refractivity contribution in [3.05, 3.63) is 0 Å². The number of nitrogens with one attached hydrogen (secondary N) is 1. The van der Waals surface area contributed by atoms with Crippen LogP contribution in [-0.2, 0) is 0 Å². The molecule has 0 aromatic carbocycles. The first-order valence-corrected chi connectivity index (χ1v) is 2.97. The topological polar surface area (TPSA) is 32.3 Å². The van der Waals surface area contributed by atoms with Gasteiger partial charge in [0.15, 0.2) is 0 Å². The Labute approximate surface area is 45.6 Å². The highest BCUT2D eigenvalue weighted by Crippen LogP contribution is 1.82. The summed E-state index contributed by atoms with van der Waals surface area (Å²) in [6.45, 7) is 0.672. The summed E-state index contributed by atoms with van der Waals surface area (Å²) in [5, 5.41) is 8.87. The van der Waals surface area contributed by atoms with Crippen molar-refractivity contribution in [2.45, 2.75) is 6.42 Å². The van der Waals surface area contributed by atoms with Gasteiger partial charge < -0.3 is 5.21 Å². The van der Waals surface area contributed by atoms with E-state index >= 15 is 0 Å². The fraction of sp³-hybridized carbons (Fsp3) is 1.00. The molecule has 0 atom stereocenters. The van der Waals surface area contributed by atoms with Crippen molar-refractivity contribution in [1.82, 2.24) is 5.48 Å². The first-order chi connectivity index (χ1) is 2.91. The zero-order valence-corrected chi connectivity index (χ0v) is 5.03. The van der Waals surface area contributed by atoms with Crippen LogP contribution in [0.1, 0.15) is 6.42 Å². The van der Waals surface area contributed by atoms with E-state index in [-0.39, 0.29) is 0 Å². The minimum absolute atomic E-state index is 0.672. The number of hydrogen-bond acceptors (Lipinski definition) is 2. The molecule has 6 heavy (non-hydrogen) atoms. The van der Waals surface area contributed by atoms with Crippen LogP contribution in [0.3, 0.4) is 0 Å². The molecular formula is C3H8BrNO. The van der Waals surface area contributed by atoms with Gasteiger partial charge in [-0.2, -0.15) is 0 Å². The van der Waals surface area contributed by atoms with Crippen molar-refractivity contribution in [3.63, 3.8) is 0 Å². The second-order valence-corrected chi connectivity index (χ2v) is 1.74. The lowest BCUT2D eigenvalue weighted by Crippen LogP contribution is -2.08. The lowest BCUT2D eigenvalue weighted by atomic mass is 10.5. The van der Waals surface area contributed by atoms with Gasteiger partial charge in [0.1, 0.15) is 0 Å². The molecule has 0 aliphatic rings. The zero-order valence-electron chi connectivity index (χ0n) is 3.45. The standard InChI is InChI=1S/C3H8BrNO/c4-2-1-3-5-6/h5-6H,1-3H2. The summed E-state index contributed by atoms with van der Waals surface area (Å²) < 4.78 is 0. The van der Waals surface area contributed by atoms with Crippen LogP contribution in [0.25, 0.3) is 0 Å². The summed E-state index contributed by atoms with van der Waals surface area (Å²) in [4.78, 5) is 0. The summed E-state index contributed by atoms with van der Waals surface area (Å²) in [7, 11) is 0. The van der Waals surface area contributed by atoms with E-state index in [9.17, 15) is 0 Å². The number of rotatable bonds is 3.